The van der Waals surface area contributed by atoms with Gasteiger partial charge < -0.3 is 9.80 Å². The van der Waals surface area contributed by atoms with E-state index in [9.17, 15) is 0 Å². The number of rotatable bonds is 5. The molecule has 5 aromatic rings. The van der Waals surface area contributed by atoms with Gasteiger partial charge in [-0.25, -0.2) is 19.5 Å². The van der Waals surface area contributed by atoms with Gasteiger partial charge in [-0.15, -0.1) is 0 Å². The van der Waals surface area contributed by atoms with Gasteiger partial charge in [-0.2, -0.15) is 10.2 Å². The van der Waals surface area contributed by atoms with E-state index in [1.807, 2.05) is 48.6 Å². The van der Waals surface area contributed by atoms with Gasteiger partial charge in [0.2, 0.25) is 5.95 Å². The molecule has 1 unspecified atom stereocenters. The van der Waals surface area contributed by atoms with E-state index in [0.29, 0.717) is 0 Å². The Bertz CT molecular complexity index is 1440. The Kier molecular flexibility index (Phi) is 5.36. The van der Waals surface area contributed by atoms with Crippen LogP contribution < -0.4 is 9.80 Å². The van der Waals surface area contributed by atoms with Crippen molar-refractivity contribution in [1.82, 2.24) is 34.3 Å². The summed E-state index contributed by atoms with van der Waals surface area (Å²) in [6.45, 7) is 4.70. The first-order valence-corrected chi connectivity index (χ1v) is 11.8. The van der Waals surface area contributed by atoms with Crippen molar-refractivity contribution in [3.05, 3.63) is 84.8 Å². The van der Waals surface area contributed by atoms with Gasteiger partial charge in [0.05, 0.1) is 6.20 Å². The van der Waals surface area contributed by atoms with E-state index in [-0.39, 0.29) is 6.04 Å². The summed E-state index contributed by atoms with van der Waals surface area (Å²) in [5.41, 5.74) is 5.52. The highest BCUT2D eigenvalue weighted by molar-refractivity contribution is 5.77. The number of fused-ring (bicyclic) bond motifs is 1. The number of anilines is 2. The highest BCUT2D eigenvalue weighted by Crippen LogP contribution is 2.28. The van der Waals surface area contributed by atoms with Crippen LogP contribution in [-0.2, 0) is 13.5 Å². The molecule has 4 aromatic heterocycles. The quantitative estimate of drug-likeness (QED) is 0.394. The molecular formula is C26H27N9. The second kappa shape index (κ2) is 8.83. The van der Waals surface area contributed by atoms with Crippen molar-refractivity contribution in [2.45, 2.75) is 19.4 Å². The Morgan fingerprint density at radius 3 is 2.46 bits per heavy atom. The molecule has 5 heterocycles. The molecule has 1 aliphatic rings. The first-order chi connectivity index (χ1) is 17.1. The summed E-state index contributed by atoms with van der Waals surface area (Å²) in [5.74, 6) is 1.73. The van der Waals surface area contributed by atoms with Crippen molar-refractivity contribution in [3.8, 4) is 11.1 Å². The van der Waals surface area contributed by atoms with E-state index in [1.54, 1.807) is 11.0 Å². The fourth-order valence-corrected chi connectivity index (χ4v) is 4.75. The van der Waals surface area contributed by atoms with Crippen LogP contribution in [0.4, 0.5) is 11.8 Å². The average molecular weight is 466 g/mol. The molecule has 6 rings (SSSR count). The van der Waals surface area contributed by atoms with Gasteiger partial charge in [0.25, 0.3) is 0 Å². The van der Waals surface area contributed by atoms with Crippen LogP contribution in [0.2, 0.25) is 0 Å². The molecule has 9 heteroatoms. The van der Waals surface area contributed by atoms with Gasteiger partial charge >= 0.3 is 0 Å². The van der Waals surface area contributed by atoms with Gasteiger partial charge in [-0.3, -0.25) is 4.68 Å². The fraction of sp³-hybridized carbons (Fsp3) is 0.269. The van der Waals surface area contributed by atoms with Crippen molar-refractivity contribution in [1.29, 1.82) is 0 Å². The van der Waals surface area contributed by atoms with Crippen LogP contribution in [0, 0.1) is 0 Å². The molecule has 0 N–H and O–H groups in total. The molecule has 0 saturated carbocycles. The maximum Gasteiger partial charge on any atom is 0.225 e. The molecule has 1 aliphatic heterocycles. The summed E-state index contributed by atoms with van der Waals surface area (Å²) in [5, 5.41) is 8.72. The smallest absolute Gasteiger partial charge is 0.225 e. The van der Waals surface area contributed by atoms with E-state index in [0.717, 1.165) is 60.0 Å². The molecule has 0 amide bonds. The van der Waals surface area contributed by atoms with Crippen LogP contribution in [0.15, 0.2) is 73.7 Å². The maximum atomic E-state index is 4.69. The second-order valence-corrected chi connectivity index (χ2v) is 9.09. The Morgan fingerprint density at radius 1 is 0.886 bits per heavy atom. The Morgan fingerprint density at radius 2 is 1.71 bits per heavy atom. The molecule has 176 valence electrons. The summed E-state index contributed by atoms with van der Waals surface area (Å²) in [6, 6.07) is 12.8. The van der Waals surface area contributed by atoms with Gasteiger partial charge in [0.15, 0.2) is 5.82 Å². The summed E-state index contributed by atoms with van der Waals surface area (Å²) >= 11 is 0. The normalized spacial score (nSPS) is 16.2. The zero-order chi connectivity index (χ0) is 23.8. The highest BCUT2D eigenvalue weighted by Gasteiger charge is 2.27. The number of aryl methyl sites for hydroxylation is 1. The minimum absolute atomic E-state index is 0.242. The summed E-state index contributed by atoms with van der Waals surface area (Å²) in [4.78, 5) is 18.6. The van der Waals surface area contributed by atoms with E-state index in [4.69, 9.17) is 9.97 Å². The molecule has 0 radical (unpaired) electrons. The van der Waals surface area contributed by atoms with Crippen LogP contribution in [0.5, 0.6) is 0 Å². The van der Waals surface area contributed by atoms with Crippen LogP contribution in [0.3, 0.4) is 0 Å². The Balaban J connectivity index is 1.18. The third-order valence-corrected chi connectivity index (χ3v) is 6.55. The highest BCUT2D eigenvalue weighted by atomic mass is 15.4. The second-order valence-electron chi connectivity index (χ2n) is 9.09. The average Bonchev–Trinajstić information content (AvgIpc) is 3.51. The predicted molar refractivity (Wildman–Crippen MR) is 135 cm³/mol. The number of hydrogen-bond acceptors (Lipinski definition) is 7. The van der Waals surface area contributed by atoms with Crippen LogP contribution in [0.1, 0.15) is 18.1 Å². The number of hydrogen-bond donors (Lipinski definition) is 0. The van der Waals surface area contributed by atoms with Crippen LogP contribution in [-0.4, -0.2) is 60.0 Å². The molecule has 1 fully saturated rings. The lowest BCUT2D eigenvalue weighted by atomic mass is 10.1. The lowest BCUT2D eigenvalue weighted by Gasteiger charge is -2.40. The van der Waals surface area contributed by atoms with Crippen molar-refractivity contribution < 1.29 is 0 Å². The molecule has 1 atom stereocenters. The molecule has 1 saturated heterocycles. The van der Waals surface area contributed by atoms with Crippen molar-refractivity contribution in [2.75, 3.05) is 29.4 Å². The van der Waals surface area contributed by atoms with Crippen molar-refractivity contribution in [3.63, 3.8) is 0 Å². The Hall–Kier alpha value is -4.27. The molecule has 35 heavy (non-hydrogen) atoms. The van der Waals surface area contributed by atoms with E-state index >= 15 is 0 Å². The summed E-state index contributed by atoms with van der Waals surface area (Å²) in [6.07, 6.45) is 12.3. The number of aromatic nitrogens is 7. The van der Waals surface area contributed by atoms with Gasteiger partial charge in [0, 0.05) is 75.1 Å². The molecule has 9 nitrogen and oxygen atoms in total. The van der Waals surface area contributed by atoms with Crippen molar-refractivity contribution in [2.24, 2.45) is 7.05 Å². The molecule has 1 aromatic carbocycles. The largest absolute Gasteiger partial charge is 0.351 e. The summed E-state index contributed by atoms with van der Waals surface area (Å²) in [7, 11) is 1.92. The third-order valence-electron chi connectivity index (χ3n) is 6.55. The number of nitrogens with zero attached hydrogens (tertiary/aromatic N) is 9. The topological polar surface area (TPSA) is 80.3 Å². The minimum Gasteiger partial charge on any atom is -0.351 e. The van der Waals surface area contributed by atoms with Crippen LogP contribution >= 0.6 is 0 Å². The summed E-state index contributed by atoms with van der Waals surface area (Å²) < 4.78 is 3.71. The monoisotopic (exact) mass is 465 g/mol. The predicted octanol–water partition coefficient (Wildman–Crippen LogP) is 3.23. The fourth-order valence-electron chi connectivity index (χ4n) is 4.75. The van der Waals surface area contributed by atoms with E-state index < -0.39 is 0 Å². The standard InChI is InChI=1S/C26H27N9/c1-19-15-33(25-24-11-22(17-35(24)31-18-29-25)23-14-30-32(2)16-23)8-9-34(19)26-27-12-21(13-28-26)10-20-6-4-3-5-7-20/h3-7,11-14,16-19H,8-10,15H2,1-2H3. The van der Waals surface area contributed by atoms with Crippen LogP contribution in [0.25, 0.3) is 16.6 Å². The lowest BCUT2D eigenvalue weighted by Crippen LogP contribution is -2.53. The zero-order valence-electron chi connectivity index (χ0n) is 19.9. The number of benzene rings is 1. The SMILES string of the molecule is CC1CN(c2ncnn3cc(-c4cnn(C)c4)cc23)CCN1c1ncc(Cc2ccccc2)cn1. The molecule has 0 bridgehead atoms. The minimum atomic E-state index is 0.242. The van der Waals surface area contributed by atoms with E-state index in [1.165, 1.54) is 5.56 Å². The maximum absolute atomic E-state index is 4.69. The van der Waals surface area contributed by atoms with Gasteiger partial charge in [-0.1, -0.05) is 30.3 Å². The first-order valence-electron chi connectivity index (χ1n) is 11.8. The van der Waals surface area contributed by atoms with E-state index in [2.05, 4.69) is 62.2 Å². The zero-order valence-corrected chi connectivity index (χ0v) is 19.9. The Labute approximate surface area is 203 Å². The number of piperazine rings is 1. The third kappa shape index (κ3) is 4.21. The molecule has 0 spiro atoms. The van der Waals surface area contributed by atoms with Crippen molar-refractivity contribution >= 4 is 17.3 Å². The lowest BCUT2D eigenvalue weighted by molar-refractivity contribution is 0.537. The van der Waals surface area contributed by atoms with Gasteiger partial charge in [0.1, 0.15) is 11.8 Å². The first kappa shape index (κ1) is 21.3. The molecule has 0 aliphatic carbocycles. The molecular weight excluding hydrogens is 438 g/mol. The van der Waals surface area contributed by atoms with Gasteiger partial charge in [-0.05, 0) is 24.1 Å².